The summed E-state index contributed by atoms with van der Waals surface area (Å²) in [6.07, 6.45) is -3.68. The highest BCUT2D eigenvalue weighted by atomic mass is 79.9. The SMILES string of the molecule is FC(F)(F)c1cccc(C(Br)Cc2cccc(Br)c2)c1. The van der Waals surface area contributed by atoms with Crippen molar-refractivity contribution in [2.45, 2.75) is 17.4 Å². The van der Waals surface area contributed by atoms with Gasteiger partial charge in [0.25, 0.3) is 0 Å². The van der Waals surface area contributed by atoms with Crippen LogP contribution in [0.5, 0.6) is 0 Å². The average Bonchev–Trinajstić information content (AvgIpc) is 2.38. The van der Waals surface area contributed by atoms with Gasteiger partial charge >= 0.3 is 6.18 Å². The zero-order valence-electron chi connectivity index (χ0n) is 10.3. The van der Waals surface area contributed by atoms with Crippen LogP contribution in [0.3, 0.4) is 0 Å². The fourth-order valence-electron chi connectivity index (χ4n) is 1.90. The van der Waals surface area contributed by atoms with Gasteiger partial charge in [0.2, 0.25) is 0 Å². The molecule has 2 aromatic carbocycles. The predicted molar refractivity (Wildman–Crippen MR) is 81.0 cm³/mol. The van der Waals surface area contributed by atoms with Crippen molar-refractivity contribution in [3.05, 3.63) is 69.7 Å². The molecule has 0 heterocycles. The van der Waals surface area contributed by atoms with Crippen molar-refractivity contribution >= 4 is 31.9 Å². The maximum atomic E-state index is 12.7. The zero-order valence-corrected chi connectivity index (χ0v) is 13.5. The predicted octanol–water partition coefficient (Wildman–Crippen LogP) is 6.15. The van der Waals surface area contributed by atoms with E-state index >= 15 is 0 Å². The molecule has 0 saturated carbocycles. The zero-order chi connectivity index (χ0) is 14.8. The molecule has 1 atom stereocenters. The second-order valence-electron chi connectivity index (χ2n) is 4.42. The standard InChI is InChI=1S/C15H11Br2F3/c16-13-6-1-3-10(7-13)8-14(17)11-4-2-5-12(9-11)15(18,19)20/h1-7,9,14H,8H2. The fraction of sp³-hybridized carbons (Fsp3) is 0.200. The molecule has 0 saturated heterocycles. The maximum absolute atomic E-state index is 12.7. The average molecular weight is 408 g/mol. The first kappa shape index (κ1) is 15.6. The van der Waals surface area contributed by atoms with Gasteiger partial charge in [-0.1, -0.05) is 62.2 Å². The number of alkyl halides is 4. The van der Waals surface area contributed by atoms with Crippen molar-refractivity contribution in [1.82, 2.24) is 0 Å². The number of hydrogen-bond acceptors (Lipinski definition) is 0. The maximum Gasteiger partial charge on any atom is 0.416 e. The van der Waals surface area contributed by atoms with Gasteiger partial charge in [0, 0.05) is 9.30 Å². The number of hydrogen-bond donors (Lipinski definition) is 0. The van der Waals surface area contributed by atoms with Crippen molar-refractivity contribution < 1.29 is 13.2 Å². The molecule has 0 spiro atoms. The van der Waals surface area contributed by atoms with Gasteiger partial charge in [0.05, 0.1) is 5.56 Å². The molecule has 106 valence electrons. The van der Waals surface area contributed by atoms with Crippen molar-refractivity contribution in [3.63, 3.8) is 0 Å². The normalized spacial score (nSPS) is 13.2. The van der Waals surface area contributed by atoms with Crippen LogP contribution in [0.1, 0.15) is 21.5 Å². The first-order valence-electron chi connectivity index (χ1n) is 5.92. The highest BCUT2D eigenvalue weighted by molar-refractivity contribution is 9.10. The minimum absolute atomic E-state index is 0.154. The third kappa shape index (κ3) is 4.09. The van der Waals surface area contributed by atoms with Gasteiger partial charge < -0.3 is 0 Å². The lowest BCUT2D eigenvalue weighted by atomic mass is 10.0. The monoisotopic (exact) mass is 406 g/mol. The van der Waals surface area contributed by atoms with Crippen LogP contribution in [0, 0.1) is 0 Å². The molecule has 2 rings (SSSR count). The summed E-state index contributed by atoms with van der Waals surface area (Å²) >= 11 is 6.85. The van der Waals surface area contributed by atoms with Crippen molar-refractivity contribution in [2.24, 2.45) is 0 Å². The van der Waals surface area contributed by atoms with Crippen LogP contribution in [-0.4, -0.2) is 0 Å². The van der Waals surface area contributed by atoms with E-state index in [9.17, 15) is 13.2 Å². The summed E-state index contributed by atoms with van der Waals surface area (Å²) in [4.78, 5) is -0.154. The van der Waals surface area contributed by atoms with Crippen LogP contribution in [0.25, 0.3) is 0 Å². The molecule has 0 aliphatic heterocycles. The molecule has 0 aliphatic rings. The van der Waals surface area contributed by atoms with Gasteiger partial charge in [0.1, 0.15) is 0 Å². The molecule has 0 amide bonds. The Hall–Kier alpha value is -0.810. The summed E-state index contributed by atoms with van der Waals surface area (Å²) in [5, 5.41) is 0. The van der Waals surface area contributed by atoms with E-state index in [1.165, 1.54) is 12.1 Å². The third-order valence-corrected chi connectivity index (χ3v) is 4.23. The number of halogens is 5. The van der Waals surface area contributed by atoms with Crippen molar-refractivity contribution in [3.8, 4) is 0 Å². The van der Waals surface area contributed by atoms with E-state index in [4.69, 9.17) is 0 Å². The first-order valence-corrected chi connectivity index (χ1v) is 7.63. The van der Waals surface area contributed by atoms with E-state index < -0.39 is 11.7 Å². The minimum atomic E-state index is -4.31. The molecule has 0 N–H and O–H groups in total. The van der Waals surface area contributed by atoms with Gasteiger partial charge in [-0.3, -0.25) is 0 Å². The highest BCUT2D eigenvalue weighted by Gasteiger charge is 2.30. The Morgan fingerprint density at radius 3 is 2.35 bits per heavy atom. The fourth-order valence-corrected chi connectivity index (χ4v) is 3.00. The molecule has 0 bridgehead atoms. The van der Waals surface area contributed by atoms with E-state index in [-0.39, 0.29) is 4.83 Å². The Morgan fingerprint density at radius 1 is 1.00 bits per heavy atom. The Labute approximate surface area is 132 Å². The molecule has 1 unspecified atom stereocenters. The summed E-state index contributed by atoms with van der Waals surface area (Å²) in [6.45, 7) is 0. The van der Waals surface area contributed by atoms with Crippen LogP contribution < -0.4 is 0 Å². The molecular formula is C15H11Br2F3. The number of rotatable bonds is 3. The molecule has 5 heteroatoms. The Balaban J connectivity index is 2.19. The second kappa shape index (κ2) is 6.31. The van der Waals surface area contributed by atoms with Gasteiger partial charge in [-0.25, -0.2) is 0 Å². The lowest BCUT2D eigenvalue weighted by Gasteiger charge is -2.13. The molecule has 0 aliphatic carbocycles. The van der Waals surface area contributed by atoms with Crippen LogP contribution in [0.4, 0.5) is 13.2 Å². The lowest BCUT2D eigenvalue weighted by molar-refractivity contribution is -0.137. The van der Waals surface area contributed by atoms with Crippen LogP contribution in [-0.2, 0) is 12.6 Å². The van der Waals surface area contributed by atoms with Crippen LogP contribution in [0.2, 0.25) is 0 Å². The minimum Gasteiger partial charge on any atom is -0.166 e. The van der Waals surface area contributed by atoms with Crippen LogP contribution >= 0.6 is 31.9 Å². The van der Waals surface area contributed by atoms with Gasteiger partial charge in [-0.15, -0.1) is 0 Å². The summed E-state index contributed by atoms with van der Waals surface area (Å²) < 4.78 is 39.0. The largest absolute Gasteiger partial charge is 0.416 e. The van der Waals surface area contributed by atoms with E-state index in [0.29, 0.717) is 12.0 Å². The third-order valence-electron chi connectivity index (χ3n) is 2.88. The highest BCUT2D eigenvalue weighted by Crippen LogP contribution is 2.34. The summed E-state index contributed by atoms with van der Waals surface area (Å²) in [5.74, 6) is 0. The van der Waals surface area contributed by atoms with Gasteiger partial charge in [-0.2, -0.15) is 13.2 Å². The first-order chi connectivity index (χ1) is 9.36. The lowest BCUT2D eigenvalue weighted by Crippen LogP contribution is -2.06. The van der Waals surface area contributed by atoms with E-state index in [1.54, 1.807) is 6.07 Å². The molecule has 0 aromatic heterocycles. The summed E-state index contributed by atoms with van der Waals surface area (Å²) in [6, 6.07) is 13.1. The molecule has 0 nitrogen and oxygen atoms in total. The molecular weight excluding hydrogens is 397 g/mol. The van der Waals surface area contributed by atoms with E-state index in [2.05, 4.69) is 31.9 Å². The topological polar surface area (TPSA) is 0 Å². The Bertz CT molecular complexity index is 594. The van der Waals surface area contributed by atoms with Crippen molar-refractivity contribution in [1.29, 1.82) is 0 Å². The quantitative estimate of drug-likeness (QED) is 0.535. The molecule has 0 fully saturated rings. The van der Waals surface area contributed by atoms with E-state index in [1.807, 2.05) is 24.3 Å². The Morgan fingerprint density at radius 2 is 1.70 bits per heavy atom. The van der Waals surface area contributed by atoms with Crippen molar-refractivity contribution in [2.75, 3.05) is 0 Å². The molecule has 20 heavy (non-hydrogen) atoms. The smallest absolute Gasteiger partial charge is 0.166 e. The Kier molecular flexibility index (Phi) is 4.91. The number of benzene rings is 2. The second-order valence-corrected chi connectivity index (χ2v) is 6.45. The van der Waals surface area contributed by atoms with Gasteiger partial charge in [-0.05, 0) is 35.7 Å². The summed E-state index contributed by atoms with van der Waals surface area (Å²) in [5.41, 5.74) is 1.06. The summed E-state index contributed by atoms with van der Waals surface area (Å²) in [7, 11) is 0. The van der Waals surface area contributed by atoms with E-state index in [0.717, 1.165) is 16.1 Å². The molecule has 0 radical (unpaired) electrons. The van der Waals surface area contributed by atoms with Gasteiger partial charge in [0.15, 0.2) is 0 Å². The van der Waals surface area contributed by atoms with Crippen LogP contribution in [0.15, 0.2) is 53.0 Å². The molecule has 2 aromatic rings.